The summed E-state index contributed by atoms with van der Waals surface area (Å²) in [6, 6.07) is 3.16. The van der Waals surface area contributed by atoms with E-state index in [4.69, 9.17) is 28.2 Å². The first kappa shape index (κ1) is 20.0. The number of nitro benzene ring substituents is 1. The molecular weight excluding hydrogens is 314 g/mol. The van der Waals surface area contributed by atoms with Crippen molar-refractivity contribution in [3.63, 3.8) is 0 Å². The maximum Gasteiger partial charge on any atom is 0.320 e. The summed E-state index contributed by atoms with van der Waals surface area (Å²) in [5.74, 6) is -0.933. The van der Waals surface area contributed by atoms with Crippen LogP contribution in [0.4, 0.5) is 5.69 Å². The standard InChI is InChI=1S/C7H4ClNO3.C6H14N2O2/c8-6-2-1-5(4-10)3-7(6)9(11)12;7-4-2-1-3-5(8)6(9)10/h1-4H;5H,1-4,7-8H2,(H,9,10). The number of hydrogen-bond acceptors (Lipinski definition) is 6. The maximum atomic E-state index is 10.3. The summed E-state index contributed by atoms with van der Waals surface area (Å²) in [7, 11) is 0. The highest BCUT2D eigenvalue weighted by Crippen LogP contribution is 2.24. The van der Waals surface area contributed by atoms with E-state index in [0.29, 0.717) is 19.3 Å². The number of nitrogens with two attached hydrogens (primary N) is 2. The summed E-state index contributed by atoms with van der Waals surface area (Å²) in [5.41, 5.74) is 10.4. The highest BCUT2D eigenvalue weighted by atomic mass is 35.5. The van der Waals surface area contributed by atoms with Crippen LogP contribution in [0.2, 0.25) is 5.02 Å². The van der Waals surface area contributed by atoms with Crippen molar-refractivity contribution in [1.82, 2.24) is 0 Å². The van der Waals surface area contributed by atoms with E-state index >= 15 is 0 Å². The number of carboxylic acids is 1. The Morgan fingerprint density at radius 1 is 1.45 bits per heavy atom. The molecule has 0 aliphatic heterocycles. The number of carboxylic acid groups (broad SMARTS) is 1. The Kier molecular flexibility index (Phi) is 9.68. The second-order valence-electron chi connectivity index (χ2n) is 4.31. The van der Waals surface area contributed by atoms with Crippen LogP contribution in [-0.2, 0) is 4.79 Å². The summed E-state index contributed by atoms with van der Waals surface area (Å²) < 4.78 is 0. The molecule has 1 aromatic rings. The first-order valence-electron chi connectivity index (χ1n) is 6.41. The minimum absolute atomic E-state index is 0.0330. The van der Waals surface area contributed by atoms with Crippen molar-refractivity contribution in [3.05, 3.63) is 38.9 Å². The molecule has 8 nitrogen and oxygen atoms in total. The highest BCUT2D eigenvalue weighted by Gasteiger charge is 2.11. The molecule has 0 aromatic heterocycles. The number of benzene rings is 1. The molecule has 1 atom stereocenters. The molecule has 1 aromatic carbocycles. The van der Waals surface area contributed by atoms with Crippen molar-refractivity contribution >= 4 is 29.5 Å². The Morgan fingerprint density at radius 2 is 2.09 bits per heavy atom. The molecule has 1 unspecified atom stereocenters. The largest absolute Gasteiger partial charge is 0.480 e. The van der Waals surface area contributed by atoms with E-state index in [2.05, 4.69) is 0 Å². The number of hydrogen-bond donors (Lipinski definition) is 3. The maximum absolute atomic E-state index is 10.3. The van der Waals surface area contributed by atoms with Gasteiger partial charge in [-0.25, -0.2) is 0 Å². The van der Waals surface area contributed by atoms with E-state index in [-0.39, 0.29) is 16.3 Å². The highest BCUT2D eigenvalue weighted by molar-refractivity contribution is 6.32. The van der Waals surface area contributed by atoms with Gasteiger partial charge in [-0.05, 0) is 31.5 Å². The molecule has 0 aliphatic rings. The fraction of sp³-hybridized carbons (Fsp3) is 0.385. The number of unbranched alkanes of at least 4 members (excludes halogenated alkanes) is 1. The monoisotopic (exact) mass is 331 g/mol. The molecule has 0 radical (unpaired) electrons. The third-order valence-corrected chi connectivity index (χ3v) is 2.91. The molecule has 0 bridgehead atoms. The molecule has 0 fully saturated rings. The van der Waals surface area contributed by atoms with E-state index in [9.17, 15) is 19.7 Å². The third-order valence-electron chi connectivity index (χ3n) is 2.59. The van der Waals surface area contributed by atoms with Gasteiger partial charge in [-0.3, -0.25) is 19.7 Å². The van der Waals surface area contributed by atoms with Gasteiger partial charge in [0.1, 0.15) is 17.4 Å². The van der Waals surface area contributed by atoms with Crippen molar-refractivity contribution in [3.8, 4) is 0 Å². The first-order valence-corrected chi connectivity index (χ1v) is 6.78. The van der Waals surface area contributed by atoms with Gasteiger partial charge in [-0.2, -0.15) is 0 Å². The fourth-order valence-electron chi connectivity index (χ4n) is 1.37. The van der Waals surface area contributed by atoms with Crippen LogP contribution < -0.4 is 11.5 Å². The minimum Gasteiger partial charge on any atom is -0.480 e. The number of rotatable bonds is 7. The minimum atomic E-state index is -0.933. The van der Waals surface area contributed by atoms with Crippen LogP contribution in [0.25, 0.3) is 0 Å². The molecular formula is C13H18ClN3O5. The number of nitrogens with zero attached hydrogens (tertiary/aromatic N) is 1. The molecule has 9 heteroatoms. The molecule has 0 amide bonds. The van der Waals surface area contributed by atoms with Crippen LogP contribution in [0.15, 0.2) is 18.2 Å². The zero-order valence-corrected chi connectivity index (χ0v) is 12.5. The zero-order chi connectivity index (χ0) is 17.1. The Labute approximate surface area is 132 Å². The molecule has 0 saturated heterocycles. The smallest absolute Gasteiger partial charge is 0.320 e. The van der Waals surface area contributed by atoms with Gasteiger partial charge in [0.25, 0.3) is 5.69 Å². The normalized spacial score (nSPS) is 11.0. The van der Waals surface area contributed by atoms with Gasteiger partial charge in [0, 0.05) is 11.6 Å². The zero-order valence-electron chi connectivity index (χ0n) is 11.8. The predicted molar refractivity (Wildman–Crippen MR) is 82.0 cm³/mol. The Bertz CT molecular complexity index is 524. The van der Waals surface area contributed by atoms with Gasteiger partial charge in [-0.15, -0.1) is 0 Å². The summed E-state index contributed by atoms with van der Waals surface area (Å²) in [6.45, 7) is 0.604. The van der Waals surface area contributed by atoms with Crippen LogP contribution >= 0.6 is 11.6 Å². The van der Waals surface area contributed by atoms with E-state index in [1.165, 1.54) is 12.1 Å². The molecule has 0 heterocycles. The van der Waals surface area contributed by atoms with Crippen molar-refractivity contribution < 1.29 is 19.6 Å². The second kappa shape index (κ2) is 10.7. The fourth-order valence-corrected chi connectivity index (χ4v) is 1.56. The second-order valence-corrected chi connectivity index (χ2v) is 4.72. The van der Waals surface area contributed by atoms with Gasteiger partial charge in [0.05, 0.1) is 4.92 Å². The van der Waals surface area contributed by atoms with Crippen LogP contribution in [-0.4, -0.2) is 34.9 Å². The average molecular weight is 332 g/mol. The predicted octanol–water partition coefficient (Wildman–Crippen LogP) is 1.59. The summed E-state index contributed by atoms with van der Waals surface area (Å²) in [6.07, 6.45) is 2.70. The van der Waals surface area contributed by atoms with Gasteiger partial charge < -0.3 is 16.6 Å². The Hall–Kier alpha value is -2.03. The third kappa shape index (κ3) is 7.67. The lowest BCUT2D eigenvalue weighted by molar-refractivity contribution is -0.384. The van der Waals surface area contributed by atoms with E-state index in [0.717, 1.165) is 18.9 Å². The number of carbonyl (C=O) groups excluding carboxylic acids is 1. The summed E-state index contributed by atoms with van der Waals surface area (Å²) >= 11 is 5.49. The lowest BCUT2D eigenvalue weighted by Crippen LogP contribution is -2.29. The van der Waals surface area contributed by atoms with Gasteiger partial charge in [0.2, 0.25) is 0 Å². The number of halogens is 1. The van der Waals surface area contributed by atoms with Crippen LogP contribution in [0.1, 0.15) is 29.6 Å². The summed E-state index contributed by atoms with van der Waals surface area (Å²) in [5, 5.41) is 18.7. The quantitative estimate of drug-likeness (QED) is 0.297. The molecule has 0 saturated carbocycles. The average Bonchev–Trinajstić information content (AvgIpc) is 2.48. The molecule has 0 aliphatic carbocycles. The van der Waals surface area contributed by atoms with Crippen molar-refractivity contribution in [2.75, 3.05) is 6.54 Å². The Morgan fingerprint density at radius 3 is 2.55 bits per heavy atom. The molecule has 122 valence electrons. The SMILES string of the molecule is NCCCCC(N)C(=O)O.O=Cc1ccc(Cl)c([N+](=O)[O-])c1. The van der Waals surface area contributed by atoms with Crippen molar-refractivity contribution in [1.29, 1.82) is 0 Å². The lowest BCUT2D eigenvalue weighted by Gasteiger charge is -2.03. The van der Waals surface area contributed by atoms with E-state index in [1.807, 2.05) is 0 Å². The van der Waals surface area contributed by atoms with Gasteiger partial charge >= 0.3 is 5.97 Å². The van der Waals surface area contributed by atoms with Crippen molar-refractivity contribution in [2.24, 2.45) is 11.5 Å². The molecule has 1 rings (SSSR count). The number of aliphatic carboxylic acids is 1. The van der Waals surface area contributed by atoms with Crippen LogP contribution in [0.5, 0.6) is 0 Å². The van der Waals surface area contributed by atoms with E-state index < -0.39 is 16.9 Å². The van der Waals surface area contributed by atoms with Crippen molar-refractivity contribution in [2.45, 2.75) is 25.3 Å². The molecule has 22 heavy (non-hydrogen) atoms. The lowest BCUT2D eigenvalue weighted by atomic mass is 10.1. The van der Waals surface area contributed by atoms with Crippen LogP contribution in [0, 0.1) is 10.1 Å². The topological polar surface area (TPSA) is 150 Å². The number of carbonyl (C=O) groups is 2. The molecule has 0 spiro atoms. The Balaban J connectivity index is 0.000000409. The number of aldehydes is 1. The summed E-state index contributed by atoms with van der Waals surface area (Å²) in [4.78, 5) is 30.0. The van der Waals surface area contributed by atoms with Crippen LogP contribution in [0.3, 0.4) is 0 Å². The van der Waals surface area contributed by atoms with E-state index in [1.54, 1.807) is 0 Å². The molecule has 5 N–H and O–H groups in total. The van der Waals surface area contributed by atoms with Gasteiger partial charge in [0.15, 0.2) is 0 Å². The first-order chi connectivity index (χ1) is 10.3. The van der Waals surface area contributed by atoms with Gasteiger partial charge in [-0.1, -0.05) is 18.0 Å². The number of nitro groups is 1.